The molecule has 0 amide bonds. The third kappa shape index (κ3) is 3.30. The van der Waals surface area contributed by atoms with Crippen LogP contribution in [0.15, 0.2) is 60.7 Å². The number of halogens is 2. The molecule has 4 rings (SSSR count). The van der Waals surface area contributed by atoms with Gasteiger partial charge in [-0.3, -0.25) is 0 Å². The molecule has 3 aromatic carbocycles. The Kier molecular flexibility index (Phi) is 5.88. The highest BCUT2D eigenvalue weighted by Gasteiger charge is 2.32. The zero-order valence-corrected chi connectivity index (χ0v) is 19.3. The van der Waals surface area contributed by atoms with Crippen molar-refractivity contribution >= 4 is 44.5 Å². The van der Waals surface area contributed by atoms with E-state index in [2.05, 4.69) is 93.1 Å². The van der Waals surface area contributed by atoms with Gasteiger partial charge in [0.25, 0.3) is 0 Å². The van der Waals surface area contributed by atoms with E-state index in [4.69, 9.17) is 4.74 Å². The molecule has 0 aliphatic heterocycles. The van der Waals surface area contributed by atoms with E-state index < -0.39 is 0 Å². The number of fused-ring (bicyclic) bond motifs is 3. The highest BCUT2D eigenvalue weighted by Crippen LogP contribution is 2.49. The van der Waals surface area contributed by atoms with E-state index in [-0.39, 0.29) is 11.9 Å². The molecule has 142 valence electrons. The number of alkyl halides is 1. The minimum absolute atomic E-state index is 0.131. The molecule has 0 aromatic heterocycles. The predicted octanol–water partition coefficient (Wildman–Crippen LogP) is 6.57. The van der Waals surface area contributed by atoms with Crippen molar-refractivity contribution in [1.82, 2.24) is 0 Å². The summed E-state index contributed by atoms with van der Waals surface area (Å²) in [5.74, 6) is -0.101. The van der Waals surface area contributed by atoms with Crippen LogP contribution in [-0.4, -0.2) is 17.9 Å². The van der Waals surface area contributed by atoms with Crippen LogP contribution < -0.4 is 0 Å². The molecule has 0 saturated heterocycles. The van der Waals surface area contributed by atoms with Crippen molar-refractivity contribution in [2.75, 3.05) is 11.9 Å². The molecule has 2 nitrogen and oxygen atoms in total. The molecule has 0 atom stereocenters. The highest BCUT2D eigenvalue weighted by molar-refractivity contribution is 14.1. The molecule has 0 heterocycles. The number of hydrogen-bond acceptors (Lipinski definition) is 2. The Morgan fingerprint density at radius 1 is 0.964 bits per heavy atom. The van der Waals surface area contributed by atoms with Crippen LogP contribution in [0.2, 0.25) is 0 Å². The van der Waals surface area contributed by atoms with Gasteiger partial charge in [0.15, 0.2) is 0 Å². The summed E-state index contributed by atoms with van der Waals surface area (Å²) in [4.78, 5) is 12.8. The van der Waals surface area contributed by atoms with E-state index >= 15 is 0 Å². The molecule has 0 unspecified atom stereocenters. The summed E-state index contributed by atoms with van der Waals surface area (Å²) >= 11 is 5.83. The Hall–Kier alpha value is -1.66. The SMILES string of the molecule is CCOC(=O)c1c(I)ccc(C2c3ccccc3-c3ccccc32)c1CCBr. The van der Waals surface area contributed by atoms with Gasteiger partial charge in [0.2, 0.25) is 0 Å². The lowest BCUT2D eigenvalue weighted by atomic mass is 9.84. The molecule has 0 saturated carbocycles. The summed E-state index contributed by atoms with van der Waals surface area (Å²) in [5.41, 5.74) is 8.15. The summed E-state index contributed by atoms with van der Waals surface area (Å²) in [6.07, 6.45) is 0.779. The number of ether oxygens (including phenoxy) is 1. The Labute approximate surface area is 187 Å². The fourth-order valence-electron chi connectivity index (χ4n) is 4.18. The minimum atomic E-state index is -0.232. The lowest BCUT2D eigenvalue weighted by Crippen LogP contribution is -2.15. The summed E-state index contributed by atoms with van der Waals surface area (Å²) in [7, 11) is 0. The van der Waals surface area contributed by atoms with Crippen molar-refractivity contribution in [1.29, 1.82) is 0 Å². The smallest absolute Gasteiger partial charge is 0.339 e. The second-order valence-electron chi connectivity index (χ2n) is 6.76. The van der Waals surface area contributed by atoms with Crippen LogP contribution in [0.25, 0.3) is 11.1 Å². The molecule has 3 aromatic rings. The summed E-state index contributed by atoms with van der Waals surface area (Å²) in [6, 6.07) is 21.4. The molecule has 4 heteroatoms. The van der Waals surface area contributed by atoms with Gasteiger partial charge in [0, 0.05) is 14.8 Å². The van der Waals surface area contributed by atoms with Gasteiger partial charge in [0.1, 0.15) is 0 Å². The van der Waals surface area contributed by atoms with E-state index in [0.29, 0.717) is 12.2 Å². The molecule has 28 heavy (non-hydrogen) atoms. The van der Waals surface area contributed by atoms with Crippen molar-refractivity contribution in [3.8, 4) is 11.1 Å². The van der Waals surface area contributed by atoms with Crippen LogP contribution in [-0.2, 0) is 11.2 Å². The van der Waals surface area contributed by atoms with Crippen LogP contribution in [0.3, 0.4) is 0 Å². The maximum absolute atomic E-state index is 12.8. The Bertz CT molecular complexity index is 999. The lowest BCUT2D eigenvalue weighted by Gasteiger charge is -2.21. The first-order chi connectivity index (χ1) is 13.7. The maximum Gasteiger partial charge on any atom is 0.339 e. The molecular formula is C24H20BrIO2. The predicted molar refractivity (Wildman–Crippen MR) is 125 cm³/mol. The van der Waals surface area contributed by atoms with Gasteiger partial charge in [-0.2, -0.15) is 0 Å². The number of esters is 1. The quantitative estimate of drug-likeness (QED) is 0.161. The second-order valence-corrected chi connectivity index (χ2v) is 8.71. The van der Waals surface area contributed by atoms with Gasteiger partial charge in [0.05, 0.1) is 12.2 Å². The fourth-order valence-corrected chi connectivity index (χ4v) is 5.31. The van der Waals surface area contributed by atoms with Crippen molar-refractivity contribution in [2.24, 2.45) is 0 Å². The van der Waals surface area contributed by atoms with E-state index in [1.807, 2.05) is 13.0 Å². The van der Waals surface area contributed by atoms with E-state index in [1.165, 1.54) is 27.8 Å². The van der Waals surface area contributed by atoms with Gasteiger partial charge in [-0.25, -0.2) is 4.79 Å². The number of hydrogen-bond donors (Lipinski definition) is 0. The summed E-state index contributed by atoms with van der Waals surface area (Å²) < 4.78 is 6.33. The first-order valence-corrected chi connectivity index (χ1v) is 11.6. The third-order valence-corrected chi connectivity index (χ3v) is 6.56. The Balaban J connectivity index is 1.97. The number of carbonyl (C=O) groups is 1. The topological polar surface area (TPSA) is 26.3 Å². The largest absolute Gasteiger partial charge is 0.462 e. The van der Waals surface area contributed by atoms with E-state index in [0.717, 1.165) is 20.9 Å². The Morgan fingerprint density at radius 3 is 2.14 bits per heavy atom. The lowest BCUT2D eigenvalue weighted by molar-refractivity contribution is 0.0523. The number of carbonyl (C=O) groups excluding carboxylic acids is 1. The van der Waals surface area contributed by atoms with Gasteiger partial charge in [-0.05, 0) is 75.4 Å². The average molecular weight is 547 g/mol. The highest BCUT2D eigenvalue weighted by atomic mass is 127. The van der Waals surface area contributed by atoms with Crippen LogP contribution in [0, 0.1) is 3.57 Å². The normalized spacial score (nSPS) is 12.5. The van der Waals surface area contributed by atoms with E-state index in [1.54, 1.807) is 0 Å². The van der Waals surface area contributed by atoms with Gasteiger partial charge in [-0.15, -0.1) is 0 Å². The summed E-state index contributed by atoms with van der Waals surface area (Å²) in [6.45, 7) is 2.23. The van der Waals surface area contributed by atoms with Crippen molar-refractivity contribution < 1.29 is 9.53 Å². The number of rotatable bonds is 5. The van der Waals surface area contributed by atoms with Crippen molar-refractivity contribution in [3.05, 3.63) is 92.1 Å². The van der Waals surface area contributed by atoms with Crippen LogP contribution >= 0.6 is 38.5 Å². The molecule has 0 N–H and O–H groups in total. The zero-order chi connectivity index (χ0) is 19.7. The maximum atomic E-state index is 12.8. The minimum Gasteiger partial charge on any atom is -0.462 e. The zero-order valence-electron chi connectivity index (χ0n) is 15.5. The standard InChI is InChI=1S/C24H20BrIO2/c1-2-28-24(27)23-20(13-14-25)19(11-12-21(23)26)22-17-9-5-3-7-15(17)16-8-4-6-10-18(16)22/h3-12,22H,2,13-14H2,1H3. The van der Waals surface area contributed by atoms with E-state index in [9.17, 15) is 4.79 Å². The molecule has 1 aliphatic carbocycles. The third-order valence-electron chi connectivity index (χ3n) is 5.27. The molecular weight excluding hydrogens is 527 g/mol. The van der Waals surface area contributed by atoms with Gasteiger partial charge in [-0.1, -0.05) is 70.5 Å². The van der Waals surface area contributed by atoms with Crippen molar-refractivity contribution in [3.63, 3.8) is 0 Å². The van der Waals surface area contributed by atoms with Gasteiger partial charge < -0.3 is 4.74 Å². The molecule has 0 fully saturated rings. The Morgan fingerprint density at radius 2 is 1.57 bits per heavy atom. The van der Waals surface area contributed by atoms with Crippen LogP contribution in [0.1, 0.15) is 45.5 Å². The molecule has 0 spiro atoms. The second kappa shape index (κ2) is 8.37. The van der Waals surface area contributed by atoms with Crippen LogP contribution in [0.4, 0.5) is 0 Å². The summed E-state index contributed by atoms with van der Waals surface area (Å²) in [5, 5.41) is 0.794. The van der Waals surface area contributed by atoms with Crippen molar-refractivity contribution in [2.45, 2.75) is 19.3 Å². The first-order valence-electron chi connectivity index (χ1n) is 9.40. The molecule has 0 bridgehead atoms. The number of benzene rings is 3. The van der Waals surface area contributed by atoms with Gasteiger partial charge >= 0.3 is 5.97 Å². The molecule has 1 aliphatic rings. The monoisotopic (exact) mass is 546 g/mol. The average Bonchev–Trinajstić information content (AvgIpc) is 3.03. The van der Waals surface area contributed by atoms with Crippen LogP contribution in [0.5, 0.6) is 0 Å². The fraction of sp³-hybridized carbons (Fsp3) is 0.208. The first kappa shape index (κ1) is 19.6. The molecule has 0 radical (unpaired) electrons.